The zero-order chi connectivity index (χ0) is 20.2. The van der Waals surface area contributed by atoms with E-state index in [0.717, 1.165) is 12.8 Å². The second kappa shape index (κ2) is 8.22. The molecule has 1 atom stereocenters. The molecule has 0 spiro atoms. The molecular formula is C21H20N2O6. The first-order valence-corrected chi connectivity index (χ1v) is 9.33. The lowest BCUT2D eigenvalue weighted by Crippen LogP contribution is -2.36. The van der Waals surface area contributed by atoms with Gasteiger partial charge in [-0.3, -0.25) is 14.4 Å². The Hall–Kier alpha value is -3.55. The van der Waals surface area contributed by atoms with Gasteiger partial charge in [0.25, 0.3) is 11.8 Å². The van der Waals surface area contributed by atoms with Gasteiger partial charge in [-0.25, -0.2) is 0 Å². The first-order chi connectivity index (χ1) is 14.1. The van der Waals surface area contributed by atoms with Gasteiger partial charge in [-0.15, -0.1) is 0 Å². The first kappa shape index (κ1) is 18.8. The molecule has 2 aliphatic rings. The Morgan fingerprint density at radius 2 is 1.79 bits per heavy atom. The monoisotopic (exact) mass is 396 g/mol. The molecular weight excluding hydrogens is 376 g/mol. The van der Waals surface area contributed by atoms with Crippen molar-refractivity contribution in [2.24, 2.45) is 0 Å². The Kier molecular flexibility index (Phi) is 5.33. The molecule has 4 rings (SSSR count). The molecule has 8 nitrogen and oxygen atoms in total. The number of nitrogens with one attached hydrogen (secondary N) is 2. The molecule has 0 saturated heterocycles. The second-order valence-electron chi connectivity index (χ2n) is 6.81. The van der Waals surface area contributed by atoms with Crippen molar-refractivity contribution in [3.05, 3.63) is 59.7 Å². The smallest absolute Gasteiger partial charge is 0.326 e. The largest absolute Gasteiger partial charge is 0.454 e. The second-order valence-corrected chi connectivity index (χ2v) is 6.81. The zero-order valence-electron chi connectivity index (χ0n) is 15.6. The normalized spacial score (nSPS) is 15.3. The number of carbonyl (C=O) groups excluding carboxylic acids is 3. The summed E-state index contributed by atoms with van der Waals surface area (Å²) < 4.78 is 15.8. The topological polar surface area (TPSA) is 103 Å². The summed E-state index contributed by atoms with van der Waals surface area (Å²) in [6, 6.07) is 13.7. The number of carbonyl (C=O) groups is 3. The molecule has 29 heavy (non-hydrogen) atoms. The van der Waals surface area contributed by atoms with Crippen molar-refractivity contribution < 1.29 is 28.6 Å². The molecule has 150 valence electrons. The van der Waals surface area contributed by atoms with Crippen LogP contribution in [0.4, 0.5) is 0 Å². The molecule has 1 saturated carbocycles. The van der Waals surface area contributed by atoms with E-state index < -0.39 is 18.0 Å². The van der Waals surface area contributed by atoms with Crippen molar-refractivity contribution in [3.63, 3.8) is 0 Å². The van der Waals surface area contributed by atoms with Crippen LogP contribution in [0.3, 0.4) is 0 Å². The van der Waals surface area contributed by atoms with Gasteiger partial charge in [0.1, 0.15) is 6.54 Å². The summed E-state index contributed by atoms with van der Waals surface area (Å²) in [5, 5.41) is 5.34. The lowest BCUT2D eigenvalue weighted by Gasteiger charge is -2.18. The molecule has 0 bridgehead atoms. The van der Waals surface area contributed by atoms with E-state index in [-0.39, 0.29) is 25.3 Å². The predicted octanol–water partition coefficient (Wildman–Crippen LogP) is 1.71. The molecule has 8 heteroatoms. The van der Waals surface area contributed by atoms with E-state index in [0.29, 0.717) is 22.6 Å². The van der Waals surface area contributed by atoms with Gasteiger partial charge in [-0.2, -0.15) is 0 Å². The van der Waals surface area contributed by atoms with Crippen molar-refractivity contribution in [3.8, 4) is 11.5 Å². The maximum atomic E-state index is 12.5. The number of rotatable bonds is 7. The van der Waals surface area contributed by atoms with E-state index in [1.54, 1.807) is 42.5 Å². The van der Waals surface area contributed by atoms with Crippen molar-refractivity contribution >= 4 is 17.8 Å². The van der Waals surface area contributed by atoms with Crippen molar-refractivity contribution in [2.75, 3.05) is 13.3 Å². The number of esters is 1. The Balaban J connectivity index is 1.36. The van der Waals surface area contributed by atoms with Gasteiger partial charge < -0.3 is 24.8 Å². The van der Waals surface area contributed by atoms with Crippen LogP contribution >= 0.6 is 0 Å². The summed E-state index contributed by atoms with van der Waals surface area (Å²) in [7, 11) is 0. The highest BCUT2D eigenvalue weighted by Gasteiger charge is 2.30. The summed E-state index contributed by atoms with van der Waals surface area (Å²) in [6.45, 7) is -0.260. The highest BCUT2D eigenvalue weighted by molar-refractivity contribution is 5.96. The standard InChI is InChI=1S/C21H20N2O6/c24-18(11-22-20(25)14-6-9-16-17(10-14)28-12-27-16)29-19(13-4-2-1-3-5-13)21(26)23-15-7-8-15/h1-6,9-10,15,19H,7-8,11-12H2,(H,22,25)(H,23,26)/t19-/m0/s1. The lowest BCUT2D eigenvalue weighted by atomic mass is 10.1. The fraction of sp³-hybridized carbons (Fsp3) is 0.286. The van der Waals surface area contributed by atoms with Crippen LogP contribution in [0.1, 0.15) is 34.9 Å². The molecule has 0 aromatic heterocycles. The fourth-order valence-electron chi connectivity index (χ4n) is 2.87. The van der Waals surface area contributed by atoms with E-state index in [1.165, 1.54) is 0 Å². The Labute approximate surface area is 167 Å². The molecule has 0 radical (unpaired) electrons. The average Bonchev–Trinajstić information content (AvgIpc) is 3.43. The van der Waals surface area contributed by atoms with Gasteiger partial charge in [0, 0.05) is 17.2 Å². The third-order valence-corrected chi connectivity index (χ3v) is 4.54. The third-order valence-electron chi connectivity index (χ3n) is 4.54. The van der Waals surface area contributed by atoms with Crippen LogP contribution in [0.25, 0.3) is 0 Å². The third kappa shape index (κ3) is 4.66. The Bertz CT molecular complexity index is 926. The first-order valence-electron chi connectivity index (χ1n) is 9.33. The minimum absolute atomic E-state index is 0.108. The number of hydrogen-bond donors (Lipinski definition) is 2. The number of hydrogen-bond acceptors (Lipinski definition) is 6. The van der Waals surface area contributed by atoms with E-state index in [4.69, 9.17) is 14.2 Å². The van der Waals surface area contributed by atoms with Gasteiger partial charge in [0.05, 0.1) is 0 Å². The van der Waals surface area contributed by atoms with Crippen LogP contribution in [0.15, 0.2) is 48.5 Å². The van der Waals surface area contributed by atoms with Crippen LogP contribution in [0.2, 0.25) is 0 Å². The molecule has 0 unspecified atom stereocenters. The summed E-state index contributed by atoms with van der Waals surface area (Å²) in [5.74, 6) is -0.499. The van der Waals surface area contributed by atoms with E-state index >= 15 is 0 Å². The molecule has 2 amide bonds. The van der Waals surface area contributed by atoms with Crippen LogP contribution in [-0.2, 0) is 14.3 Å². The van der Waals surface area contributed by atoms with Gasteiger partial charge in [-0.05, 0) is 31.0 Å². The van der Waals surface area contributed by atoms with Crippen molar-refractivity contribution in [1.29, 1.82) is 0 Å². The average molecular weight is 396 g/mol. The molecule has 2 aromatic rings. The Morgan fingerprint density at radius 3 is 2.55 bits per heavy atom. The van der Waals surface area contributed by atoms with E-state index in [2.05, 4.69) is 10.6 Å². The highest BCUT2D eigenvalue weighted by atomic mass is 16.7. The molecule has 1 fully saturated rings. The predicted molar refractivity (Wildman–Crippen MR) is 101 cm³/mol. The summed E-state index contributed by atoms with van der Waals surface area (Å²) in [6.07, 6.45) is 0.784. The molecule has 1 heterocycles. The maximum absolute atomic E-state index is 12.5. The molecule has 2 N–H and O–H groups in total. The van der Waals surface area contributed by atoms with Crippen LogP contribution in [-0.4, -0.2) is 37.2 Å². The summed E-state index contributed by atoms with van der Waals surface area (Å²) in [4.78, 5) is 37.1. The summed E-state index contributed by atoms with van der Waals surface area (Å²) >= 11 is 0. The number of amides is 2. The van der Waals surface area contributed by atoms with Gasteiger partial charge >= 0.3 is 5.97 Å². The van der Waals surface area contributed by atoms with E-state index in [9.17, 15) is 14.4 Å². The van der Waals surface area contributed by atoms with Crippen LogP contribution in [0, 0.1) is 0 Å². The fourth-order valence-corrected chi connectivity index (χ4v) is 2.87. The SMILES string of the molecule is O=C(CNC(=O)c1ccc2c(c1)OCO2)O[C@H](C(=O)NC1CC1)c1ccccc1. The molecule has 1 aliphatic carbocycles. The Morgan fingerprint density at radius 1 is 1.03 bits per heavy atom. The molecule has 1 aliphatic heterocycles. The van der Waals surface area contributed by atoms with Gasteiger partial charge in [0.2, 0.25) is 12.9 Å². The maximum Gasteiger partial charge on any atom is 0.326 e. The quantitative estimate of drug-likeness (QED) is 0.691. The van der Waals surface area contributed by atoms with Crippen LogP contribution < -0.4 is 20.1 Å². The molecule has 2 aromatic carbocycles. The minimum atomic E-state index is -1.06. The van der Waals surface area contributed by atoms with E-state index in [1.807, 2.05) is 6.07 Å². The highest BCUT2D eigenvalue weighted by Crippen LogP contribution is 2.32. The van der Waals surface area contributed by atoms with Crippen molar-refractivity contribution in [2.45, 2.75) is 25.0 Å². The van der Waals surface area contributed by atoms with Gasteiger partial charge in [0.15, 0.2) is 11.5 Å². The number of ether oxygens (including phenoxy) is 3. The lowest BCUT2D eigenvalue weighted by molar-refractivity contribution is -0.155. The van der Waals surface area contributed by atoms with Gasteiger partial charge in [-0.1, -0.05) is 30.3 Å². The zero-order valence-corrected chi connectivity index (χ0v) is 15.6. The number of benzene rings is 2. The minimum Gasteiger partial charge on any atom is -0.454 e. The summed E-state index contributed by atoms with van der Waals surface area (Å²) in [5.41, 5.74) is 0.897. The van der Waals surface area contributed by atoms with Crippen molar-refractivity contribution in [1.82, 2.24) is 10.6 Å². The van der Waals surface area contributed by atoms with Crippen LogP contribution in [0.5, 0.6) is 11.5 Å². The number of fused-ring (bicyclic) bond motifs is 1.